The normalized spacial score (nSPS) is 10.1. The van der Waals surface area contributed by atoms with E-state index in [1.165, 1.54) is 24.4 Å². The Kier molecular flexibility index (Phi) is 2.66. The summed E-state index contributed by atoms with van der Waals surface area (Å²) in [7, 11) is 0. The maximum Gasteiger partial charge on any atom is 0.341 e. The van der Waals surface area contributed by atoms with Crippen molar-refractivity contribution < 1.29 is 15.0 Å². The van der Waals surface area contributed by atoms with Crippen molar-refractivity contribution >= 4 is 5.97 Å². The van der Waals surface area contributed by atoms with E-state index in [1.54, 1.807) is 12.1 Å². The highest BCUT2D eigenvalue weighted by atomic mass is 16.4. The molecule has 0 radical (unpaired) electrons. The van der Waals surface area contributed by atoms with Crippen molar-refractivity contribution in [1.29, 1.82) is 0 Å². The molecule has 0 aliphatic heterocycles. The second kappa shape index (κ2) is 4.13. The molecule has 1 heterocycles. The van der Waals surface area contributed by atoms with Crippen LogP contribution in [0.5, 0.6) is 5.75 Å². The summed E-state index contributed by atoms with van der Waals surface area (Å²) in [5, 5.41) is 18.1. The van der Waals surface area contributed by atoms with Gasteiger partial charge < -0.3 is 15.2 Å². The van der Waals surface area contributed by atoms with Gasteiger partial charge in [-0.3, -0.25) is 4.79 Å². The molecule has 0 spiro atoms. The fraction of sp³-hybridized carbons (Fsp3) is 0. The fourth-order valence-corrected chi connectivity index (χ4v) is 1.49. The fourth-order valence-electron chi connectivity index (χ4n) is 1.49. The predicted molar refractivity (Wildman–Crippen MR) is 61.1 cm³/mol. The van der Waals surface area contributed by atoms with Crippen LogP contribution in [0.2, 0.25) is 0 Å². The average molecular weight is 231 g/mol. The van der Waals surface area contributed by atoms with Crippen LogP contribution in [-0.2, 0) is 0 Å². The predicted octanol–water partition coefficient (Wildman–Crippen LogP) is 1.45. The van der Waals surface area contributed by atoms with Crippen molar-refractivity contribution in [3.05, 3.63) is 52.4 Å². The van der Waals surface area contributed by atoms with Crippen LogP contribution in [0.15, 0.2) is 41.3 Å². The van der Waals surface area contributed by atoms with E-state index in [0.717, 1.165) is 0 Å². The van der Waals surface area contributed by atoms with Gasteiger partial charge in [-0.15, -0.1) is 0 Å². The second-order valence-electron chi connectivity index (χ2n) is 3.49. The quantitative estimate of drug-likeness (QED) is 0.729. The van der Waals surface area contributed by atoms with Crippen molar-refractivity contribution in [3.8, 4) is 16.9 Å². The SMILES string of the molecule is O=C(O)c1cc(-c2cccc(O)c2)c[nH]c1=O. The molecule has 0 aliphatic rings. The molecule has 0 saturated carbocycles. The molecule has 0 saturated heterocycles. The second-order valence-corrected chi connectivity index (χ2v) is 3.49. The first-order valence-electron chi connectivity index (χ1n) is 4.83. The number of hydrogen-bond acceptors (Lipinski definition) is 3. The largest absolute Gasteiger partial charge is 0.508 e. The van der Waals surface area contributed by atoms with Crippen molar-refractivity contribution in [2.24, 2.45) is 0 Å². The molecule has 3 N–H and O–H groups in total. The highest BCUT2D eigenvalue weighted by Gasteiger charge is 2.10. The molecule has 0 atom stereocenters. The molecule has 2 aromatic rings. The van der Waals surface area contributed by atoms with Gasteiger partial charge in [0.25, 0.3) is 5.56 Å². The maximum absolute atomic E-state index is 11.2. The van der Waals surface area contributed by atoms with E-state index in [0.29, 0.717) is 11.1 Å². The molecule has 2 rings (SSSR count). The van der Waals surface area contributed by atoms with Crippen molar-refractivity contribution in [3.63, 3.8) is 0 Å². The summed E-state index contributed by atoms with van der Waals surface area (Å²) in [5.74, 6) is -1.21. The van der Waals surface area contributed by atoms with E-state index in [4.69, 9.17) is 5.11 Å². The molecular formula is C12H9NO4. The number of nitrogens with one attached hydrogen (secondary N) is 1. The Bertz CT molecular complexity index is 630. The van der Waals surface area contributed by atoms with Crippen LogP contribution >= 0.6 is 0 Å². The molecule has 0 aliphatic carbocycles. The van der Waals surface area contributed by atoms with E-state index in [1.807, 2.05) is 0 Å². The Labute approximate surface area is 96.0 Å². The summed E-state index contributed by atoms with van der Waals surface area (Å²) < 4.78 is 0. The number of H-pyrrole nitrogens is 1. The van der Waals surface area contributed by atoms with Gasteiger partial charge in [-0.05, 0) is 29.3 Å². The van der Waals surface area contributed by atoms with Crippen LogP contribution in [0, 0.1) is 0 Å². The Morgan fingerprint density at radius 3 is 2.59 bits per heavy atom. The molecule has 0 unspecified atom stereocenters. The molecule has 0 bridgehead atoms. The molecule has 1 aromatic heterocycles. The summed E-state index contributed by atoms with van der Waals surface area (Å²) >= 11 is 0. The summed E-state index contributed by atoms with van der Waals surface area (Å²) in [6.07, 6.45) is 1.41. The van der Waals surface area contributed by atoms with E-state index < -0.39 is 11.5 Å². The van der Waals surface area contributed by atoms with E-state index in [9.17, 15) is 14.7 Å². The number of hydrogen-bond donors (Lipinski definition) is 3. The first-order valence-corrected chi connectivity index (χ1v) is 4.83. The molecule has 0 amide bonds. The first-order chi connectivity index (χ1) is 8.08. The molecule has 5 nitrogen and oxygen atoms in total. The third kappa shape index (κ3) is 2.17. The highest BCUT2D eigenvalue weighted by molar-refractivity contribution is 5.88. The average Bonchev–Trinajstić information content (AvgIpc) is 2.29. The van der Waals surface area contributed by atoms with E-state index in [-0.39, 0.29) is 11.3 Å². The van der Waals surface area contributed by atoms with Gasteiger partial charge in [0.05, 0.1) is 0 Å². The summed E-state index contributed by atoms with van der Waals surface area (Å²) in [6, 6.07) is 7.61. The van der Waals surface area contributed by atoms with Crippen LogP contribution in [-0.4, -0.2) is 21.2 Å². The zero-order chi connectivity index (χ0) is 12.4. The van der Waals surface area contributed by atoms with Gasteiger partial charge in [-0.2, -0.15) is 0 Å². The summed E-state index contributed by atoms with van der Waals surface area (Å²) in [5.41, 5.74) is 0.175. The molecular weight excluding hydrogens is 222 g/mol. The topological polar surface area (TPSA) is 90.4 Å². The lowest BCUT2D eigenvalue weighted by Crippen LogP contribution is -2.16. The lowest BCUT2D eigenvalue weighted by molar-refractivity contribution is 0.0695. The van der Waals surface area contributed by atoms with Gasteiger partial charge in [-0.25, -0.2) is 4.79 Å². The number of phenolic OH excluding ortho intramolecular Hbond substituents is 1. The molecule has 86 valence electrons. The summed E-state index contributed by atoms with van der Waals surface area (Å²) in [4.78, 5) is 24.4. The minimum absolute atomic E-state index is 0.0746. The number of carbonyl (C=O) groups is 1. The van der Waals surface area contributed by atoms with Crippen LogP contribution in [0.25, 0.3) is 11.1 Å². The number of rotatable bonds is 2. The maximum atomic E-state index is 11.2. The zero-order valence-electron chi connectivity index (χ0n) is 8.68. The molecule has 17 heavy (non-hydrogen) atoms. The minimum Gasteiger partial charge on any atom is -0.508 e. The van der Waals surface area contributed by atoms with Crippen LogP contribution in [0.1, 0.15) is 10.4 Å². The van der Waals surface area contributed by atoms with Crippen molar-refractivity contribution in [2.45, 2.75) is 0 Å². The Hall–Kier alpha value is -2.56. The molecule has 0 fully saturated rings. The number of benzene rings is 1. The third-order valence-corrected chi connectivity index (χ3v) is 2.31. The zero-order valence-corrected chi connectivity index (χ0v) is 8.68. The minimum atomic E-state index is -1.28. The van der Waals surface area contributed by atoms with Crippen molar-refractivity contribution in [2.75, 3.05) is 0 Å². The number of aromatic carboxylic acids is 1. The Morgan fingerprint density at radius 1 is 1.18 bits per heavy atom. The lowest BCUT2D eigenvalue weighted by atomic mass is 10.1. The summed E-state index contributed by atoms with van der Waals surface area (Å²) in [6.45, 7) is 0. The Balaban J connectivity index is 2.58. The van der Waals surface area contributed by atoms with Gasteiger partial charge in [0.15, 0.2) is 0 Å². The highest BCUT2D eigenvalue weighted by Crippen LogP contribution is 2.22. The number of pyridine rings is 1. The molecule has 1 aromatic carbocycles. The number of carboxylic acids is 1. The first kappa shape index (κ1) is 10.9. The van der Waals surface area contributed by atoms with Crippen molar-refractivity contribution in [1.82, 2.24) is 4.98 Å². The van der Waals surface area contributed by atoms with Gasteiger partial charge in [0.2, 0.25) is 0 Å². The number of aromatic nitrogens is 1. The third-order valence-electron chi connectivity index (χ3n) is 2.31. The number of carboxylic acid groups (broad SMARTS) is 1. The van der Waals surface area contributed by atoms with E-state index >= 15 is 0 Å². The number of phenols is 1. The lowest BCUT2D eigenvalue weighted by Gasteiger charge is -2.03. The smallest absolute Gasteiger partial charge is 0.341 e. The van der Waals surface area contributed by atoms with Crippen LogP contribution in [0.4, 0.5) is 0 Å². The van der Waals surface area contributed by atoms with Gasteiger partial charge >= 0.3 is 5.97 Å². The standard InChI is InChI=1S/C12H9NO4/c14-9-3-1-2-7(4-9)8-5-10(12(16)17)11(15)13-6-8/h1-6,14H,(H,13,15)(H,16,17). The van der Waals surface area contributed by atoms with Gasteiger partial charge in [0.1, 0.15) is 11.3 Å². The number of aromatic hydroxyl groups is 1. The number of aromatic amines is 1. The Morgan fingerprint density at radius 2 is 1.94 bits per heavy atom. The van der Waals surface area contributed by atoms with Gasteiger partial charge in [0, 0.05) is 6.20 Å². The van der Waals surface area contributed by atoms with Crippen LogP contribution in [0.3, 0.4) is 0 Å². The van der Waals surface area contributed by atoms with E-state index in [2.05, 4.69) is 4.98 Å². The molecule has 5 heteroatoms. The monoisotopic (exact) mass is 231 g/mol. The van der Waals surface area contributed by atoms with Gasteiger partial charge in [-0.1, -0.05) is 12.1 Å². The van der Waals surface area contributed by atoms with Crippen LogP contribution < -0.4 is 5.56 Å².